The molecule has 0 radical (unpaired) electrons. The molecule has 1 amide bonds. The van der Waals surface area contributed by atoms with E-state index < -0.39 is 35.1 Å². The monoisotopic (exact) mass is 535 g/mol. The highest BCUT2D eigenvalue weighted by molar-refractivity contribution is 5.97. The predicted molar refractivity (Wildman–Crippen MR) is 139 cm³/mol. The number of alkyl halides is 3. The lowest BCUT2D eigenvalue weighted by atomic mass is 9.70. The minimum Gasteiger partial charge on any atom is -0.481 e. The van der Waals surface area contributed by atoms with E-state index in [1.165, 1.54) is 29.1 Å². The number of carboxylic acids is 1. The molecule has 1 aliphatic rings. The topological polar surface area (TPSA) is 101 Å². The van der Waals surface area contributed by atoms with E-state index in [2.05, 4.69) is 4.98 Å². The molecule has 0 saturated heterocycles. The molecular formula is C29H24F3N3O4. The summed E-state index contributed by atoms with van der Waals surface area (Å²) in [4.78, 5) is 41.5. The molecule has 1 saturated carbocycles. The average Bonchev–Trinajstić information content (AvgIpc) is 2.88. The Morgan fingerprint density at radius 1 is 1.05 bits per heavy atom. The van der Waals surface area contributed by atoms with Gasteiger partial charge in [-0.25, -0.2) is 4.98 Å². The Labute approximate surface area is 220 Å². The van der Waals surface area contributed by atoms with Crippen LogP contribution in [0.15, 0.2) is 77.9 Å². The zero-order chi connectivity index (χ0) is 27.9. The van der Waals surface area contributed by atoms with Crippen LogP contribution in [0.1, 0.15) is 41.6 Å². The summed E-state index contributed by atoms with van der Waals surface area (Å²) >= 11 is 0. The molecule has 0 spiro atoms. The second-order valence-electron chi connectivity index (χ2n) is 9.65. The molecule has 5 rings (SSSR count). The number of rotatable bonds is 6. The van der Waals surface area contributed by atoms with Gasteiger partial charge in [0.1, 0.15) is 17.3 Å². The third-order valence-corrected chi connectivity index (χ3v) is 7.23. The minimum atomic E-state index is -4.66. The maximum atomic E-state index is 13.0. The molecule has 4 aromatic rings. The van der Waals surface area contributed by atoms with Crippen molar-refractivity contribution in [1.29, 1.82) is 0 Å². The van der Waals surface area contributed by atoms with Crippen LogP contribution in [0.2, 0.25) is 0 Å². The summed E-state index contributed by atoms with van der Waals surface area (Å²) in [5, 5.41) is 11.3. The van der Waals surface area contributed by atoms with Crippen molar-refractivity contribution < 1.29 is 27.9 Å². The van der Waals surface area contributed by atoms with Crippen LogP contribution >= 0.6 is 0 Å². The number of aromatic nitrogens is 2. The number of carboxylic acid groups (broad SMARTS) is 1. The van der Waals surface area contributed by atoms with Crippen molar-refractivity contribution in [2.45, 2.75) is 37.9 Å². The van der Waals surface area contributed by atoms with Crippen molar-refractivity contribution in [3.05, 3.63) is 94.4 Å². The number of carbonyl (C=O) groups is 2. The lowest BCUT2D eigenvalue weighted by Gasteiger charge is -2.33. The molecule has 0 aliphatic heterocycles. The van der Waals surface area contributed by atoms with Crippen molar-refractivity contribution >= 4 is 22.9 Å². The summed E-state index contributed by atoms with van der Waals surface area (Å²) in [7, 11) is 0. The highest BCUT2D eigenvalue weighted by atomic mass is 19.4. The Kier molecular flexibility index (Phi) is 6.71. The number of hydrogen-bond acceptors (Lipinski definition) is 4. The van der Waals surface area contributed by atoms with Crippen LogP contribution in [0.3, 0.4) is 0 Å². The number of amides is 1. The zero-order valence-corrected chi connectivity index (χ0v) is 20.8. The highest BCUT2D eigenvalue weighted by Gasteiger charge is 2.38. The SMILES string of the molecule is CC(NC(=O)c1cn(-c2cccc(-c3ccc(C4CCC4C(=O)O)cc3)c2)c2ncccc2c1=O)C(F)(F)F. The average molecular weight is 536 g/mol. The first-order valence-electron chi connectivity index (χ1n) is 12.4. The molecule has 39 heavy (non-hydrogen) atoms. The number of halogens is 3. The molecule has 10 heteroatoms. The standard InChI is InChI=1S/C29H24F3N3O4/c1-16(29(30,31)32)34-27(37)24-15-35(26-23(25(24)36)6-3-13-33-26)20-5-2-4-19(14-20)17-7-9-18(10-8-17)21-11-12-22(21)28(38)39/h2-10,13-16,21-22H,11-12H2,1H3,(H,34,37)(H,38,39). The molecule has 3 unspecified atom stereocenters. The van der Waals surface area contributed by atoms with Crippen molar-refractivity contribution in [1.82, 2.24) is 14.9 Å². The van der Waals surface area contributed by atoms with Crippen molar-refractivity contribution in [2.75, 3.05) is 0 Å². The van der Waals surface area contributed by atoms with E-state index in [1.54, 1.807) is 12.1 Å². The van der Waals surface area contributed by atoms with E-state index in [4.69, 9.17) is 0 Å². The fourth-order valence-electron chi connectivity index (χ4n) is 4.83. The van der Waals surface area contributed by atoms with E-state index in [0.717, 1.165) is 30.0 Å². The fourth-order valence-corrected chi connectivity index (χ4v) is 4.83. The molecule has 3 atom stereocenters. The molecule has 2 aromatic heterocycles. The number of pyridine rings is 2. The molecule has 7 nitrogen and oxygen atoms in total. The molecular weight excluding hydrogens is 511 g/mol. The minimum absolute atomic E-state index is 0.00823. The smallest absolute Gasteiger partial charge is 0.408 e. The molecule has 1 fully saturated rings. The molecule has 2 heterocycles. The number of aliphatic carboxylic acids is 1. The summed E-state index contributed by atoms with van der Waals surface area (Å²) in [6.45, 7) is 0.806. The van der Waals surface area contributed by atoms with Crippen molar-refractivity contribution in [3.63, 3.8) is 0 Å². The van der Waals surface area contributed by atoms with Crippen LogP contribution < -0.4 is 10.7 Å². The maximum Gasteiger partial charge on any atom is 0.408 e. The summed E-state index contributed by atoms with van der Waals surface area (Å²) in [6.07, 6.45) is -0.474. The van der Waals surface area contributed by atoms with E-state index in [0.29, 0.717) is 12.1 Å². The number of carbonyl (C=O) groups excluding carboxylic acids is 1. The van der Waals surface area contributed by atoms with E-state index in [-0.39, 0.29) is 22.9 Å². The lowest BCUT2D eigenvalue weighted by Crippen LogP contribution is -2.44. The van der Waals surface area contributed by atoms with Gasteiger partial charge in [0.05, 0.1) is 11.3 Å². The molecule has 1 aliphatic carbocycles. The zero-order valence-electron chi connectivity index (χ0n) is 20.8. The van der Waals surface area contributed by atoms with Gasteiger partial charge >= 0.3 is 12.1 Å². The maximum absolute atomic E-state index is 13.0. The van der Waals surface area contributed by atoms with Gasteiger partial charge in [-0.05, 0) is 66.6 Å². The molecule has 2 N–H and O–H groups in total. The van der Waals surface area contributed by atoms with Crippen molar-refractivity contribution in [2.24, 2.45) is 5.92 Å². The number of nitrogens with zero attached hydrogens (tertiary/aromatic N) is 2. The highest BCUT2D eigenvalue weighted by Crippen LogP contribution is 2.43. The Morgan fingerprint density at radius 2 is 1.79 bits per heavy atom. The summed E-state index contributed by atoms with van der Waals surface area (Å²) < 4.78 is 40.6. The van der Waals surface area contributed by atoms with Crippen LogP contribution in [-0.2, 0) is 4.79 Å². The van der Waals surface area contributed by atoms with Gasteiger partial charge in [0.15, 0.2) is 0 Å². The second-order valence-corrected chi connectivity index (χ2v) is 9.65. The quantitative estimate of drug-likeness (QED) is 0.349. The third-order valence-electron chi connectivity index (χ3n) is 7.23. The Morgan fingerprint density at radius 3 is 2.44 bits per heavy atom. The van der Waals surface area contributed by atoms with Gasteiger partial charge in [0.2, 0.25) is 5.43 Å². The number of fused-ring (bicyclic) bond motifs is 1. The second kappa shape index (κ2) is 10.0. The van der Waals surface area contributed by atoms with E-state index >= 15 is 0 Å². The summed E-state index contributed by atoms with van der Waals surface area (Å²) in [6, 6.07) is 15.7. The molecule has 0 bridgehead atoms. The largest absolute Gasteiger partial charge is 0.481 e. The molecule has 200 valence electrons. The number of nitrogens with one attached hydrogen (secondary N) is 1. The third kappa shape index (κ3) is 5.01. The van der Waals surface area contributed by atoms with Crippen LogP contribution in [0.4, 0.5) is 13.2 Å². The van der Waals surface area contributed by atoms with Gasteiger partial charge in [0, 0.05) is 18.1 Å². The Hall–Kier alpha value is -4.47. The van der Waals surface area contributed by atoms with Crippen LogP contribution in [-0.4, -0.2) is 38.8 Å². The Balaban J connectivity index is 1.52. The van der Waals surface area contributed by atoms with Crippen molar-refractivity contribution in [3.8, 4) is 16.8 Å². The van der Waals surface area contributed by atoms with Crippen LogP contribution in [0, 0.1) is 5.92 Å². The molecule has 2 aromatic carbocycles. The van der Waals surface area contributed by atoms with Gasteiger partial charge in [-0.2, -0.15) is 13.2 Å². The number of benzene rings is 2. The van der Waals surface area contributed by atoms with E-state index in [1.807, 2.05) is 41.7 Å². The van der Waals surface area contributed by atoms with E-state index in [9.17, 15) is 32.7 Å². The number of hydrogen-bond donors (Lipinski definition) is 2. The first kappa shape index (κ1) is 26.1. The van der Waals surface area contributed by atoms with Gasteiger partial charge in [0.25, 0.3) is 5.91 Å². The first-order valence-corrected chi connectivity index (χ1v) is 12.4. The summed E-state index contributed by atoms with van der Waals surface area (Å²) in [5.41, 5.74) is 2.28. The summed E-state index contributed by atoms with van der Waals surface area (Å²) in [5.74, 6) is -2.30. The normalized spacial score (nSPS) is 17.8. The van der Waals surface area contributed by atoms with Gasteiger partial charge < -0.3 is 15.0 Å². The van der Waals surface area contributed by atoms with Gasteiger partial charge in [-0.1, -0.05) is 36.4 Å². The van der Waals surface area contributed by atoms with Crippen LogP contribution in [0.25, 0.3) is 27.8 Å². The Bertz CT molecular complexity index is 1630. The van der Waals surface area contributed by atoms with Gasteiger partial charge in [-0.3, -0.25) is 14.4 Å². The van der Waals surface area contributed by atoms with Gasteiger partial charge in [-0.15, -0.1) is 0 Å². The van der Waals surface area contributed by atoms with Crippen LogP contribution in [0.5, 0.6) is 0 Å². The predicted octanol–water partition coefficient (Wildman–Crippen LogP) is 5.31. The fraction of sp³-hybridized carbons (Fsp3) is 0.241. The first-order chi connectivity index (χ1) is 18.5. The lowest BCUT2D eigenvalue weighted by molar-refractivity contribution is -0.149.